The molecule has 140 valence electrons. The number of hydrogen-bond acceptors (Lipinski definition) is 5. The predicted molar refractivity (Wildman–Crippen MR) is 101 cm³/mol. The number of carbonyl (C=O) groups excluding carboxylic acids is 1. The van der Waals surface area contributed by atoms with Crippen LogP contribution in [0.5, 0.6) is 0 Å². The van der Waals surface area contributed by atoms with Crippen LogP contribution in [0.3, 0.4) is 0 Å². The minimum atomic E-state index is 0.252. The lowest BCUT2D eigenvalue weighted by Gasteiger charge is -2.23. The van der Waals surface area contributed by atoms with Gasteiger partial charge in [-0.3, -0.25) is 4.79 Å². The maximum absolute atomic E-state index is 12.4. The van der Waals surface area contributed by atoms with Gasteiger partial charge in [0.2, 0.25) is 5.91 Å². The van der Waals surface area contributed by atoms with Crippen LogP contribution < -0.4 is 10.6 Å². The SMILES string of the molecule is CSc1nnc(CCCNC(=O)C2CC23CCNCC3)n1CC(C)C. The standard InChI is InChI=1S/C18H31N5OS/c1-13(2)12-23-15(21-22-17(23)25-3)5-4-8-20-16(24)14-11-18(14)6-9-19-10-7-18/h13-14,19H,4-12H2,1-3H3,(H,20,24). The molecular weight excluding hydrogens is 334 g/mol. The molecule has 0 radical (unpaired) electrons. The summed E-state index contributed by atoms with van der Waals surface area (Å²) in [6.45, 7) is 8.22. The maximum atomic E-state index is 12.4. The largest absolute Gasteiger partial charge is 0.356 e. The van der Waals surface area contributed by atoms with Crippen LogP contribution in [0.25, 0.3) is 0 Å². The van der Waals surface area contributed by atoms with Gasteiger partial charge in [-0.15, -0.1) is 10.2 Å². The highest BCUT2D eigenvalue weighted by molar-refractivity contribution is 7.98. The molecule has 2 heterocycles. The molecule has 25 heavy (non-hydrogen) atoms. The van der Waals surface area contributed by atoms with Crippen LogP contribution in [0.2, 0.25) is 0 Å². The van der Waals surface area contributed by atoms with E-state index in [0.29, 0.717) is 11.3 Å². The van der Waals surface area contributed by atoms with Crippen LogP contribution in [0, 0.1) is 17.3 Å². The number of hydrogen-bond donors (Lipinski definition) is 2. The van der Waals surface area contributed by atoms with E-state index < -0.39 is 0 Å². The lowest BCUT2D eigenvalue weighted by Crippen LogP contribution is -2.34. The third-order valence-electron chi connectivity index (χ3n) is 5.51. The molecule has 1 aliphatic heterocycles. The number of nitrogens with one attached hydrogen (secondary N) is 2. The highest BCUT2D eigenvalue weighted by Crippen LogP contribution is 2.58. The van der Waals surface area contributed by atoms with Crippen molar-refractivity contribution in [1.82, 2.24) is 25.4 Å². The molecule has 3 rings (SSSR count). The summed E-state index contributed by atoms with van der Waals surface area (Å²) in [7, 11) is 0. The van der Waals surface area contributed by atoms with Crippen LogP contribution in [0.1, 0.15) is 45.4 Å². The summed E-state index contributed by atoms with van der Waals surface area (Å²) < 4.78 is 2.22. The number of thioether (sulfide) groups is 1. The van der Waals surface area contributed by atoms with Gasteiger partial charge < -0.3 is 15.2 Å². The maximum Gasteiger partial charge on any atom is 0.223 e. The fourth-order valence-electron chi connectivity index (χ4n) is 3.98. The van der Waals surface area contributed by atoms with Crippen molar-refractivity contribution in [1.29, 1.82) is 0 Å². The van der Waals surface area contributed by atoms with E-state index in [1.165, 1.54) is 0 Å². The molecule has 1 amide bonds. The molecule has 1 atom stereocenters. The van der Waals surface area contributed by atoms with Crippen LogP contribution in [0.4, 0.5) is 0 Å². The van der Waals surface area contributed by atoms with Gasteiger partial charge in [-0.25, -0.2) is 0 Å². The molecule has 1 saturated heterocycles. The van der Waals surface area contributed by atoms with Crippen LogP contribution in [0.15, 0.2) is 5.16 Å². The van der Waals surface area contributed by atoms with Crippen molar-refractivity contribution in [3.05, 3.63) is 5.82 Å². The third-order valence-corrected chi connectivity index (χ3v) is 6.17. The molecule has 2 aliphatic rings. The molecule has 0 aromatic carbocycles. The Balaban J connectivity index is 1.43. The molecule has 1 aromatic rings. The number of amides is 1. The molecule has 1 saturated carbocycles. The van der Waals surface area contributed by atoms with Gasteiger partial charge in [-0.05, 0) is 56.4 Å². The first kappa shape index (κ1) is 18.7. The summed E-state index contributed by atoms with van der Waals surface area (Å²) in [4.78, 5) is 12.4. The number of rotatable bonds is 8. The Morgan fingerprint density at radius 3 is 2.84 bits per heavy atom. The van der Waals surface area contributed by atoms with E-state index in [0.717, 1.165) is 69.3 Å². The van der Waals surface area contributed by atoms with Gasteiger partial charge in [0.05, 0.1) is 0 Å². The average Bonchev–Trinajstić information content (AvgIpc) is 3.15. The van der Waals surface area contributed by atoms with E-state index in [1.54, 1.807) is 11.8 Å². The Kier molecular flexibility index (Phi) is 6.04. The van der Waals surface area contributed by atoms with E-state index in [-0.39, 0.29) is 11.8 Å². The van der Waals surface area contributed by atoms with Crippen molar-refractivity contribution in [3.8, 4) is 0 Å². The summed E-state index contributed by atoms with van der Waals surface area (Å²) >= 11 is 1.64. The number of aromatic nitrogens is 3. The smallest absolute Gasteiger partial charge is 0.223 e. The molecule has 2 N–H and O–H groups in total. The zero-order valence-corrected chi connectivity index (χ0v) is 16.5. The molecule has 2 fully saturated rings. The Morgan fingerprint density at radius 2 is 2.16 bits per heavy atom. The molecule has 7 heteroatoms. The van der Waals surface area contributed by atoms with Gasteiger partial charge in [-0.1, -0.05) is 25.6 Å². The molecule has 6 nitrogen and oxygen atoms in total. The highest BCUT2D eigenvalue weighted by Gasteiger charge is 2.57. The summed E-state index contributed by atoms with van der Waals surface area (Å²) in [6.07, 6.45) is 7.21. The lowest BCUT2D eigenvalue weighted by molar-refractivity contribution is -0.123. The van der Waals surface area contributed by atoms with Gasteiger partial charge >= 0.3 is 0 Å². The van der Waals surface area contributed by atoms with Crippen molar-refractivity contribution in [2.45, 2.75) is 57.7 Å². The second kappa shape index (κ2) is 8.08. The van der Waals surface area contributed by atoms with Crippen LogP contribution in [-0.4, -0.2) is 46.6 Å². The van der Waals surface area contributed by atoms with Crippen molar-refractivity contribution >= 4 is 17.7 Å². The minimum absolute atomic E-state index is 0.252. The summed E-state index contributed by atoms with van der Waals surface area (Å²) in [5, 5.41) is 16.1. The zero-order chi connectivity index (χ0) is 17.9. The average molecular weight is 366 g/mol. The van der Waals surface area contributed by atoms with Gasteiger partial charge in [-0.2, -0.15) is 0 Å². The molecule has 1 unspecified atom stereocenters. The quantitative estimate of drug-likeness (QED) is 0.545. The lowest BCUT2D eigenvalue weighted by atomic mass is 9.92. The van der Waals surface area contributed by atoms with E-state index in [1.807, 2.05) is 6.26 Å². The summed E-state index contributed by atoms with van der Waals surface area (Å²) in [5.74, 6) is 2.11. The summed E-state index contributed by atoms with van der Waals surface area (Å²) in [5.41, 5.74) is 0.319. The minimum Gasteiger partial charge on any atom is -0.356 e. The molecule has 1 aliphatic carbocycles. The number of piperidine rings is 1. The van der Waals surface area contributed by atoms with Crippen molar-refractivity contribution in [2.75, 3.05) is 25.9 Å². The zero-order valence-electron chi connectivity index (χ0n) is 15.7. The van der Waals surface area contributed by atoms with Crippen molar-refractivity contribution in [3.63, 3.8) is 0 Å². The Hall–Kier alpha value is -1.08. The molecule has 1 aromatic heterocycles. The fraction of sp³-hybridized carbons (Fsp3) is 0.833. The van der Waals surface area contributed by atoms with Crippen molar-refractivity contribution in [2.24, 2.45) is 17.3 Å². The fourth-order valence-corrected chi connectivity index (χ4v) is 4.50. The van der Waals surface area contributed by atoms with E-state index in [2.05, 4.69) is 39.2 Å². The molecule has 1 spiro atoms. The molecular formula is C18H31N5OS. The third kappa shape index (κ3) is 4.37. The first-order chi connectivity index (χ1) is 12.1. The Labute approximate surface area is 154 Å². The van der Waals surface area contributed by atoms with Gasteiger partial charge in [0.15, 0.2) is 5.16 Å². The van der Waals surface area contributed by atoms with Crippen molar-refractivity contribution < 1.29 is 4.79 Å². The van der Waals surface area contributed by atoms with E-state index in [9.17, 15) is 4.79 Å². The summed E-state index contributed by atoms with van der Waals surface area (Å²) in [6, 6.07) is 0. The molecule has 0 bridgehead atoms. The Bertz CT molecular complexity index is 594. The second-order valence-corrected chi connectivity index (χ2v) is 8.64. The highest BCUT2D eigenvalue weighted by atomic mass is 32.2. The predicted octanol–water partition coefficient (Wildman–Crippen LogP) is 2.09. The van der Waals surface area contributed by atoms with E-state index in [4.69, 9.17) is 0 Å². The van der Waals surface area contributed by atoms with E-state index >= 15 is 0 Å². The first-order valence-electron chi connectivity index (χ1n) is 9.50. The number of nitrogens with zero attached hydrogens (tertiary/aromatic N) is 3. The van der Waals surface area contributed by atoms with Gasteiger partial charge in [0.25, 0.3) is 0 Å². The Morgan fingerprint density at radius 1 is 1.40 bits per heavy atom. The van der Waals surface area contributed by atoms with Crippen LogP contribution >= 0.6 is 11.8 Å². The number of carbonyl (C=O) groups is 1. The second-order valence-electron chi connectivity index (χ2n) is 7.87. The normalized spacial score (nSPS) is 21.7. The number of aryl methyl sites for hydroxylation is 1. The first-order valence-corrected chi connectivity index (χ1v) is 10.7. The van der Waals surface area contributed by atoms with Gasteiger partial charge in [0.1, 0.15) is 5.82 Å². The van der Waals surface area contributed by atoms with Gasteiger partial charge in [0, 0.05) is 25.4 Å². The van der Waals surface area contributed by atoms with Crippen LogP contribution in [-0.2, 0) is 17.8 Å². The topological polar surface area (TPSA) is 71.8 Å². The monoisotopic (exact) mass is 365 g/mol.